The Morgan fingerprint density at radius 3 is 2.91 bits per heavy atom. The Morgan fingerprint density at radius 2 is 2.14 bits per heavy atom. The average molecular weight is 529 g/mol. The van der Waals surface area contributed by atoms with Gasteiger partial charge in [-0.2, -0.15) is 11.8 Å². The van der Waals surface area contributed by atoms with Gasteiger partial charge in [0.05, 0.1) is 22.6 Å². The lowest BCUT2D eigenvalue weighted by Crippen LogP contribution is -2.38. The van der Waals surface area contributed by atoms with Crippen molar-refractivity contribution in [2.45, 2.75) is 29.5 Å². The summed E-state index contributed by atoms with van der Waals surface area (Å²) in [6, 6.07) is 7.47. The van der Waals surface area contributed by atoms with Crippen LogP contribution in [0.25, 0.3) is 0 Å². The Balaban J connectivity index is 1.23. The minimum absolute atomic E-state index is 0.0206. The molecule has 0 unspecified atom stereocenters. The molecule has 7 nitrogen and oxygen atoms in total. The zero-order valence-corrected chi connectivity index (χ0v) is 21.8. The van der Waals surface area contributed by atoms with Crippen molar-refractivity contribution in [1.82, 2.24) is 20.2 Å². The highest BCUT2D eigenvalue weighted by atomic mass is 32.2. The van der Waals surface area contributed by atoms with Crippen molar-refractivity contribution >= 4 is 46.7 Å². The van der Waals surface area contributed by atoms with E-state index in [0.29, 0.717) is 36.6 Å². The molecule has 0 aromatic carbocycles. The Morgan fingerprint density at radius 1 is 1.29 bits per heavy atom. The van der Waals surface area contributed by atoms with Gasteiger partial charge in [-0.3, -0.25) is 9.59 Å². The van der Waals surface area contributed by atoms with E-state index < -0.39 is 0 Å². The third-order valence-corrected chi connectivity index (χ3v) is 8.57. The van der Waals surface area contributed by atoms with Gasteiger partial charge in [0, 0.05) is 48.6 Å². The van der Waals surface area contributed by atoms with Crippen molar-refractivity contribution in [2.75, 3.05) is 31.1 Å². The van der Waals surface area contributed by atoms with Crippen LogP contribution in [0.2, 0.25) is 0 Å². The molecule has 2 amide bonds. The number of rotatable bonds is 11. The molecule has 1 aliphatic heterocycles. The van der Waals surface area contributed by atoms with Gasteiger partial charge in [-0.15, -0.1) is 29.7 Å². The maximum Gasteiger partial charge on any atom is 0.270 e. The predicted molar refractivity (Wildman–Crippen MR) is 142 cm³/mol. The van der Waals surface area contributed by atoms with E-state index in [1.165, 1.54) is 23.1 Å². The van der Waals surface area contributed by atoms with E-state index >= 15 is 0 Å². The lowest BCUT2D eigenvalue weighted by Gasteiger charge is -2.31. The normalized spacial score (nSPS) is 14.1. The predicted octanol–water partition coefficient (Wildman–Crippen LogP) is 5.09. The molecule has 3 aromatic rings. The van der Waals surface area contributed by atoms with Crippen LogP contribution in [-0.4, -0.2) is 57.8 Å². The number of thiazole rings is 1. The molecule has 35 heavy (non-hydrogen) atoms. The third kappa shape index (κ3) is 6.99. The van der Waals surface area contributed by atoms with Crippen LogP contribution in [0.1, 0.15) is 50.4 Å². The largest absolute Gasteiger partial charge is 0.468 e. The molecule has 0 aliphatic carbocycles. The molecule has 0 bridgehead atoms. The Kier molecular flexibility index (Phi) is 9.44. The number of carbonyl (C=O) groups excluding carboxylic acids is 2. The van der Waals surface area contributed by atoms with Gasteiger partial charge in [0.1, 0.15) is 16.5 Å². The second kappa shape index (κ2) is 12.9. The number of likely N-dealkylation sites (tertiary alicyclic amines) is 1. The summed E-state index contributed by atoms with van der Waals surface area (Å²) in [4.78, 5) is 36.5. The zero-order chi connectivity index (χ0) is 24.5. The Hall–Kier alpha value is -2.56. The van der Waals surface area contributed by atoms with Gasteiger partial charge in [0.25, 0.3) is 11.8 Å². The van der Waals surface area contributed by atoms with Crippen molar-refractivity contribution in [3.8, 4) is 0 Å². The summed E-state index contributed by atoms with van der Waals surface area (Å²) in [7, 11) is 0. The second-order valence-electron chi connectivity index (χ2n) is 7.98. The molecule has 0 atom stereocenters. The minimum atomic E-state index is -0.139. The summed E-state index contributed by atoms with van der Waals surface area (Å²) in [6.45, 7) is 5.65. The van der Waals surface area contributed by atoms with Crippen LogP contribution in [0.15, 0.2) is 64.2 Å². The smallest absolute Gasteiger partial charge is 0.270 e. The number of aromatic nitrogens is 2. The van der Waals surface area contributed by atoms with Gasteiger partial charge in [-0.1, -0.05) is 6.08 Å². The molecule has 10 heteroatoms. The number of piperidine rings is 1. The van der Waals surface area contributed by atoms with E-state index in [9.17, 15) is 9.59 Å². The fourth-order valence-corrected chi connectivity index (χ4v) is 6.23. The summed E-state index contributed by atoms with van der Waals surface area (Å²) < 4.78 is 5.31. The lowest BCUT2D eigenvalue weighted by atomic mass is 9.97. The summed E-state index contributed by atoms with van der Waals surface area (Å²) >= 11 is 4.76. The van der Waals surface area contributed by atoms with Crippen molar-refractivity contribution in [2.24, 2.45) is 0 Å². The first-order chi connectivity index (χ1) is 17.2. The molecule has 0 radical (unpaired) electrons. The maximum atomic E-state index is 13.1. The van der Waals surface area contributed by atoms with Crippen molar-refractivity contribution in [1.29, 1.82) is 0 Å². The molecule has 0 spiro atoms. The number of nitrogens with one attached hydrogen (secondary N) is 1. The van der Waals surface area contributed by atoms with E-state index in [1.807, 2.05) is 34.6 Å². The number of nitrogens with zero attached hydrogens (tertiary/aromatic N) is 3. The molecule has 1 saturated heterocycles. The van der Waals surface area contributed by atoms with Gasteiger partial charge >= 0.3 is 0 Å². The van der Waals surface area contributed by atoms with Gasteiger partial charge in [0.2, 0.25) is 0 Å². The molecule has 4 heterocycles. The highest BCUT2D eigenvalue weighted by Gasteiger charge is 2.28. The number of amides is 2. The molecule has 184 valence electrons. The Labute approximate surface area is 217 Å². The van der Waals surface area contributed by atoms with Crippen LogP contribution in [-0.2, 0) is 5.75 Å². The Bertz CT molecular complexity index is 1120. The lowest BCUT2D eigenvalue weighted by molar-refractivity contribution is 0.0708. The number of furan rings is 1. The fourth-order valence-electron chi connectivity index (χ4n) is 3.78. The third-order valence-electron chi connectivity index (χ3n) is 5.58. The van der Waals surface area contributed by atoms with Crippen LogP contribution in [0, 0.1) is 0 Å². The van der Waals surface area contributed by atoms with Gasteiger partial charge in [-0.05, 0) is 37.1 Å². The fraction of sp³-hybridized carbons (Fsp3) is 0.360. The molecular weight excluding hydrogens is 501 g/mol. The first kappa shape index (κ1) is 25.5. The van der Waals surface area contributed by atoms with E-state index in [-0.39, 0.29) is 17.7 Å². The first-order valence-corrected chi connectivity index (χ1v) is 14.5. The van der Waals surface area contributed by atoms with Crippen LogP contribution >= 0.6 is 34.9 Å². The van der Waals surface area contributed by atoms with Gasteiger partial charge in [0.15, 0.2) is 0 Å². The number of hydrogen-bond acceptors (Lipinski definition) is 8. The number of carbonyl (C=O) groups is 2. The summed E-state index contributed by atoms with van der Waals surface area (Å²) in [5.74, 6) is 3.39. The second-order valence-corrected chi connectivity index (χ2v) is 11.0. The summed E-state index contributed by atoms with van der Waals surface area (Å²) in [5, 5.41) is 6.49. The standard InChI is InChI=1S/C25H28N4O3S3/c1-2-14-34-24-20(6-3-9-27-24)25(31)29-11-7-18(8-12-29)23-28-21(17-35-23)22(30)26-10-15-33-16-19-5-4-13-32-19/h2-6,9,13,17-18H,1,7-8,10-12,14-16H2,(H,26,30). The van der Waals surface area contributed by atoms with Crippen molar-refractivity contribution in [3.63, 3.8) is 0 Å². The topological polar surface area (TPSA) is 88.3 Å². The van der Waals surface area contributed by atoms with Crippen LogP contribution < -0.4 is 5.32 Å². The summed E-state index contributed by atoms with van der Waals surface area (Å²) in [6.07, 6.45) is 6.85. The summed E-state index contributed by atoms with van der Waals surface area (Å²) in [5.41, 5.74) is 1.12. The van der Waals surface area contributed by atoms with E-state index in [1.54, 1.807) is 30.3 Å². The first-order valence-electron chi connectivity index (χ1n) is 11.5. The number of hydrogen-bond donors (Lipinski definition) is 1. The monoisotopic (exact) mass is 528 g/mol. The quantitative estimate of drug-likeness (QED) is 0.211. The zero-order valence-electron chi connectivity index (χ0n) is 19.4. The molecular formula is C25H28N4O3S3. The average Bonchev–Trinajstić information content (AvgIpc) is 3.60. The van der Waals surface area contributed by atoms with Gasteiger partial charge in [-0.25, -0.2) is 9.97 Å². The molecule has 1 fully saturated rings. The van der Waals surface area contributed by atoms with Crippen LogP contribution in [0.3, 0.4) is 0 Å². The van der Waals surface area contributed by atoms with Crippen LogP contribution in [0.5, 0.6) is 0 Å². The highest BCUT2D eigenvalue weighted by Crippen LogP contribution is 2.31. The molecule has 0 saturated carbocycles. The molecule has 4 rings (SSSR count). The number of thioether (sulfide) groups is 2. The highest BCUT2D eigenvalue weighted by molar-refractivity contribution is 7.99. The van der Waals surface area contributed by atoms with Crippen molar-refractivity contribution < 1.29 is 14.0 Å². The molecule has 3 aromatic heterocycles. The van der Waals surface area contributed by atoms with E-state index in [2.05, 4.69) is 21.9 Å². The maximum absolute atomic E-state index is 13.1. The van der Waals surface area contributed by atoms with Gasteiger partial charge < -0.3 is 14.6 Å². The van der Waals surface area contributed by atoms with Crippen LogP contribution in [0.4, 0.5) is 0 Å². The molecule has 1 aliphatic rings. The van der Waals surface area contributed by atoms with Crippen molar-refractivity contribution in [3.05, 3.63) is 76.8 Å². The van der Waals surface area contributed by atoms with E-state index in [0.717, 1.165) is 40.1 Å². The number of pyridine rings is 1. The minimum Gasteiger partial charge on any atom is -0.468 e. The van der Waals surface area contributed by atoms with E-state index in [4.69, 9.17) is 4.42 Å². The SMILES string of the molecule is C=CCSc1ncccc1C(=O)N1CCC(c2nc(C(=O)NCCSCc3ccco3)cs2)CC1. The molecule has 1 N–H and O–H groups in total.